The second-order valence-electron chi connectivity index (χ2n) is 6.65. The van der Waals surface area contributed by atoms with Crippen LogP contribution in [-0.2, 0) is 13.0 Å². The lowest BCUT2D eigenvalue weighted by Crippen LogP contribution is -2.38. The summed E-state index contributed by atoms with van der Waals surface area (Å²) in [5.74, 6) is 1.59. The van der Waals surface area contributed by atoms with E-state index in [0.29, 0.717) is 12.1 Å². The SMILES string of the molecule is CCCOc1cccc(CN=C(NCC)NCCc2cccc(C(=O)NC)c2)c1.I. The molecule has 2 aromatic rings. The minimum atomic E-state index is -0.0696. The van der Waals surface area contributed by atoms with Gasteiger partial charge in [-0.25, -0.2) is 4.99 Å². The molecule has 0 unspecified atom stereocenters. The van der Waals surface area contributed by atoms with Crippen molar-refractivity contribution in [2.45, 2.75) is 33.2 Å². The van der Waals surface area contributed by atoms with Crippen molar-refractivity contribution >= 4 is 35.8 Å². The molecule has 7 heteroatoms. The lowest BCUT2D eigenvalue weighted by molar-refractivity contribution is 0.0963. The van der Waals surface area contributed by atoms with E-state index in [0.717, 1.165) is 55.4 Å². The van der Waals surface area contributed by atoms with Crippen LogP contribution >= 0.6 is 24.0 Å². The first-order chi connectivity index (χ1) is 14.2. The Bertz CT molecular complexity index is 811. The minimum absolute atomic E-state index is 0. The van der Waals surface area contributed by atoms with Crippen molar-refractivity contribution in [1.29, 1.82) is 0 Å². The second kappa shape index (κ2) is 14.7. The summed E-state index contributed by atoms with van der Waals surface area (Å²) in [5, 5.41) is 9.28. The summed E-state index contributed by atoms with van der Waals surface area (Å²) >= 11 is 0. The zero-order valence-corrected chi connectivity index (χ0v) is 20.4. The smallest absolute Gasteiger partial charge is 0.251 e. The maximum absolute atomic E-state index is 11.8. The number of benzene rings is 2. The number of aliphatic imine (C=N–C) groups is 1. The Hall–Kier alpha value is -2.29. The number of guanidine groups is 1. The molecule has 2 rings (SSSR count). The molecule has 0 aliphatic heterocycles. The first-order valence-corrected chi connectivity index (χ1v) is 10.2. The Morgan fingerprint density at radius 2 is 1.80 bits per heavy atom. The van der Waals surface area contributed by atoms with Crippen LogP contribution in [0, 0.1) is 0 Å². The maximum atomic E-state index is 11.8. The molecule has 1 amide bonds. The van der Waals surface area contributed by atoms with Crippen molar-refractivity contribution in [2.75, 3.05) is 26.7 Å². The standard InChI is InChI=1S/C23H32N4O2.HI/c1-4-14-29-21-11-7-9-19(16-21)17-27-23(25-5-2)26-13-12-18-8-6-10-20(15-18)22(28)24-3;/h6-11,15-16H,4-5,12-14,17H2,1-3H3,(H,24,28)(H2,25,26,27);1H. The van der Waals surface area contributed by atoms with Crippen LogP contribution in [0.25, 0.3) is 0 Å². The highest BCUT2D eigenvalue weighted by Crippen LogP contribution is 2.14. The molecule has 0 atom stereocenters. The number of nitrogens with one attached hydrogen (secondary N) is 3. The van der Waals surface area contributed by atoms with E-state index < -0.39 is 0 Å². The van der Waals surface area contributed by atoms with Crippen LogP contribution in [0.2, 0.25) is 0 Å². The predicted molar refractivity (Wildman–Crippen MR) is 134 cm³/mol. The zero-order chi connectivity index (χ0) is 20.9. The Morgan fingerprint density at radius 1 is 1.03 bits per heavy atom. The first-order valence-electron chi connectivity index (χ1n) is 10.2. The van der Waals surface area contributed by atoms with Gasteiger partial charge in [0.2, 0.25) is 0 Å². The van der Waals surface area contributed by atoms with Crippen LogP contribution in [0.3, 0.4) is 0 Å². The first kappa shape index (κ1) is 25.7. The summed E-state index contributed by atoms with van der Waals surface area (Å²) in [6.07, 6.45) is 1.79. The maximum Gasteiger partial charge on any atom is 0.251 e. The molecule has 30 heavy (non-hydrogen) atoms. The van der Waals surface area contributed by atoms with Crippen LogP contribution < -0.4 is 20.7 Å². The number of halogens is 1. The monoisotopic (exact) mass is 524 g/mol. The Balaban J connectivity index is 0.00000450. The summed E-state index contributed by atoms with van der Waals surface area (Å²) in [4.78, 5) is 16.4. The predicted octanol–water partition coefficient (Wildman–Crippen LogP) is 3.75. The largest absolute Gasteiger partial charge is 0.494 e. The zero-order valence-electron chi connectivity index (χ0n) is 18.0. The summed E-state index contributed by atoms with van der Waals surface area (Å²) in [7, 11) is 1.64. The van der Waals surface area contributed by atoms with Gasteiger partial charge >= 0.3 is 0 Å². The highest BCUT2D eigenvalue weighted by Gasteiger charge is 2.04. The highest BCUT2D eigenvalue weighted by molar-refractivity contribution is 14.0. The topological polar surface area (TPSA) is 74.8 Å². The molecule has 0 aromatic heterocycles. The lowest BCUT2D eigenvalue weighted by Gasteiger charge is -2.12. The summed E-state index contributed by atoms with van der Waals surface area (Å²) in [6.45, 7) is 6.95. The Morgan fingerprint density at radius 3 is 2.53 bits per heavy atom. The molecule has 0 bridgehead atoms. The van der Waals surface area contributed by atoms with Crippen molar-refractivity contribution in [3.05, 3.63) is 65.2 Å². The van der Waals surface area contributed by atoms with Crippen molar-refractivity contribution in [1.82, 2.24) is 16.0 Å². The van der Waals surface area contributed by atoms with Crippen molar-refractivity contribution in [3.8, 4) is 5.75 Å². The second-order valence-corrected chi connectivity index (χ2v) is 6.65. The molecule has 0 aliphatic carbocycles. The molecule has 3 N–H and O–H groups in total. The normalized spacial score (nSPS) is 10.7. The van der Waals surface area contributed by atoms with E-state index in [1.54, 1.807) is 7.05 Å². The molecule has 164 valence electrons. The minimum Gasteiger partial charge on any atom is -0.494 e. The van der Waals surface area contributed by atoms with Crippen LogP contribution in [0.4, 0.5) is 0 Å². The van der Waals surface area contributed by atoms with Gasteiger partial charge in [0.05, 0.1) is 13.2 Å². The lowest BCUT2D eigenvalue weighted by atomic mass is 10.1. The molecule has 0 radical (unpaired) electrons. The van der Waals surface area contributed by atoms with E-state index in [9.17, 15) is 4.79 Å². The van der Waals surface area contributed by atoms with E-state index in [-0.39, 0.29) is 29.9 Å². The van der Waals surface area contributed by atoms with Gasteiger partial charge in [-0.05, 0) is 55.2 Å². The van der Waals surface area contributed by atoms with Gasteiger partial charge in [0.1, 0.15) is 5.75 Å². The average Bonchev–Trinajstić information content (AvgIpc) is 2.76. The number of amides is 1. The third-order valence-corrected chi connectivity index (χ3v) is 4.26. The number of carbonyl (C=O) groups is 1. The number of nitrogens with zero attached hydrogens (tertiary/aromatic N) is 1. The quantitative estimate of drug-likeness (QED) is 0.252. The molecular weight excluding hydrogens is 491 g/mol. The fraction of sp³-hybridized carbons (Fsp3) is 0.391. The van der Waals surface area contributed by atoms with Gasteiger partial charge in [0.15, 0.2) is 5.96 Å². The van der Waals surface area contributed by atoms with Gasteiger partial charge < -0.3 is 20.7 Å². The number of carbonyl (C=O) groups excluding carboxylic acids is 1. The third kappa shape index (κ3) is 9.02. The fourth-order valence-corrected chi connectivity index (χ4v) is 2.80. The molecular formula is C23H33IN4O2. The van der Waals surface area contributed by atoms with Crippen LogP contribution in [0.15, 0.2) is 53.5 Å². The molecule has 0 aliphatic rings. The van der Waals surface area contributed by atoms with E-state index in [1.807, 2.05) is 49.4 Å². The van der Waals surface area contributed by atoms with Crippen LogP contribution in [0.5, 0.6) is 5.75 Å². The van der Waals surface area contributed by atoms with E-state index >= 15 is 0 Å². The van der Waals surface area contributed by atoms with Crippen molar-refractivity contribution in [2.24, 2.45) is 4.99 Å². The average molecular weight is 524 g/mol. The number of rotatable bonds is 10. The van der Waals surface area contributed by atoms with Gasteiger partial charge in [0, 0.05) is 25.7 Å². The van der Waals surface area contributed by atoms with E-state index in [2.05, 4.69) is 33.9 Å². The van der Waals surface area contributed by atoms with Crippen molar-refractivity contribution in [3.63, 3.8) is 0 Å². The van der Waals surface area contributed by atoms with Crippen molar-refractivity contribution < 1.29 is 9.53 Å². The molecule has 0 spiro atoms. The van der Waals surface area contributed by atoms with Gasteiger partial charge in [0.25, 0.3) is 5.91 Å². The highest BCUT2D eigenvalue weighted by atomic mass is 127. The van der Waals surface area contributed by atoms with E-state index in [4.69, 9.17) is 4.74 Å². The van der Waals surface area contributed by atoms with E-state index in [1.165, 1.54) is 0 Å². The number of hydrogen-bond donors (Lipinski definition) is 3. The van der Waals surface area contributed by atoms with Crippen LogP contribution in [0.1, 0.15) is 41.8 Å². The molecule has 2 aromatic carbocycles. The van der Waals surface area contributed by atoms with Gasteiger partial charge in [-0.3, -0.25) is 4.79 Å². The summed E-state index contributed by atoms with van der Waals surface area (Å²) in [5.41, 5.74) is 2.89. The van der Waals surface area contributed by atoms with Crippen LogP contribution in [-0.4, -0.2) is 38.6 Å². The Kier molecular flexibility index (Phi) is 12.6. The van der Waals surface area contributed by atoms with Gasteiger partial charge in [-0.2, -0.15) is 0 Å². The molecule has 0 saturated carbocycles. The van der Waals surface area contributed by atoms with Gasteiger partial charge in [-0.15, -0.1) is 24.0 Å². The molecule has 0 fully saturated rings. The molecule has 0 heterocycles. The summed E-state index contributed by atoms with van der Waals surface area (Å²) in [6, 6.07) is 15.7. The number of ether oxygens (including phenoxy) is 1. The number of hydrogen-bond acceptors (Lipinski definition) is 3. The van der Waals surface area contributed by atoms with Gasteiger partial charge in [-0.1, -0.05) is 31.2 Å². The fourth-order valence-electron chi connectivity index (χ4n) is 2.80. The Labute approximate surface area is 196 Å². The third-order valence-electron chi connectivity index (χ3n) is 4.26. The molecule has 6 nitrogen and oxygen atoms in total. The molecule has 0 saturated heterocycles. The summed E-state index contributed by atoms with van der Waals surface area (Å²) < 4.78 is 5.69.